The van der Waals surface area contributed by atoms with E-state index in [9.17, 15) is 9.90 Å². The van der Waals surface area contributed by atoms with Gasteiger partial charge < -0.3 is 15.2 Å². The minimum absolute atomic E-state index is 0.0602. The largest absolute Gasteiger partial charge is 0.497 e. The van der Waals surface area contributed by atoms with Crippen LogP contribution in [0.2, 0.25) is 0 Å². The SMILES string of the molecule is CC\C=C/C(=C\C=C\C1CC(C)(C)N2NCC(C(=O)O)=C2N1)OC. The molecule has 3 N–H and O–H groups in total. The van der Waals surface area contributed by atoms with Crippen LogP contribution in [0.4, 0.5) is 0 Å². The van der Waals surface area contributed by atoms with Crippen molar-refractivity contribution in [3.63, 3.8) is 0 Å². The van der Waals surface area contributed by atoms with Gasteiger partial charge >= 0.3 is 5.97 Å². The molecule has 6 nitrogen and oxygen atoms in total. The predicted octanol–water partition coefficient (Wildman–Crippen LogP) is 2.30. The fourth-order valence-electron chi connectivity index (χ4n) is 2.98. The zero-order valence-corrected chi connectivity index (χ0v) is 14.8. The van der Waals surface area contributed by atoms with Gasteiger partial charge in [0, 0.05) is 6.04 Å². The van der Waals surface area contributed by atoms with E-state index in [0.717, 1.165) is 18.6 Å². The van der Waals surface area contributed by atoms with E-state index >= 15 is 0 Å². The molecular weight excluding hydrogens is 306 g/mol. The molecule has 1 saturated heterocycles. The zero-order chi connectivity index (χ0) is 17.7. The number of hydrogen-bond donors (Lipinski definition) is 3. The Hall–Kier alpha value is -2.21. The molecule has 0 aromatic rings. The lowest BCUT2D eigenvalue weighted by atomic mass is 9.91. The molecule has 0 amide bonds. The molecule has 2 heterocycles. The molecule has 24 heavy (non-hydrogen) atoms. The molecule has 2 aliphatic heterocycles. The summed E-state index contributed by atoms with van der Waals surface area (Å²) in [5.41, 5.74) is 3.36. The number of fused-ring (bicyclic) bond motifs is 1. The molecule has 1 unspecified atom stereocenters. The Labute approximate surface area is 143 Å². The number of nitrogens with one attached hydrogen (secondary N) is 2. The fraction of sp³-hybridized carbons (Fsp3) is 0.500. The molecule has 132 valence electrons. The number of aliphatic carboxylic acids is 1. The Morgan fingerprint density at radius 2 is 2.25 bits per heavy atom. The number of methoxy groups -OCH3 is 1. The summed E-state index contributed by atoms with van der Waals surface area (Å²) >= 11 is 0. The molecule has 0 spiro atoms. The van der Waals surface area contributed by atoms with Gasteiger partial charge in [0.15, 0.2) is 0 Å². The summed E-state index contributed by atoms with van der Waals surface area (Å²) in [6.07, 6.45) is 11.7. The number of hydrazine groups is 1. The highest BCUT2D eigenvalue weighted by molar-refractivity contribution is 5.88. The van der Waals surface area contributed by atoms with Crippen molar-refractivity contribution in [2.75, 3.05) is 13.7 Å². The third-order valence-electron chi connectivity index (χ3n) is 4.19. The molecule has 0 bridgehead atoms. The van der Waals surface area contributed by atoms with Crippen LogP contribution in [0.5, 0.6) is 0 Å². The number of ether oxygens (including phenoxy) is 1. The topological polar surface area (TPSA) is 73.8 Å². The van der Waals surface area contributed by atoms with E-state index in [0.29, 0.717) is 17.9 Å². The van der Waals surface area contributed by atoms with Gasteiger partial charge in [-0.05, 0) is 38.8 Å². The highest BCUT2D eigenvalue weighted by atomic mass is 16.5. The van der Waals surface area contributed by atoms with Crippen LogP contribution < -0.4 is 10.7 Å². The van der Waals surface area contributed by atoms with Crippen molar-refractivity contribution < 1.29 is 14.6 Å². The van der Waals surface area contributed by atoms with E-state index in [1.807, 2.05) is 35.4 Å². The third-order valence-corrected chi connectivity index (χ3v) is 4.19. The Morgan fingerprint density at radius 3 is 2.88 bits per heavy atom. The number of hydrogen-bond acceptors (Lipinski definition) is 5. The van der Waals surface area contributed by atoms with Crippen LogP contribution in [-0.4, -0.2) is 41.3 Å². The number of carbonyl (C=O) groups is 1. The summed E-state index contributed by atoms with van der Waals surface area (Å²) in [4.78, 5) is 11.4. The molecule has 0 aromatic heterocycles. The van der Waals surface area contributed by atoms with E-state index in [1.165, 1.54) is 0 Å². The molecule has 2 aliphatic rings. The standard InChI is InChI=1S/C18H27N3O3/c1-5-6-9-14(24-4)10-7-8-13-11-18(2,3)21-16(20-13)15(12-19-21)17(22)23/h6-10,13,19-20H,5,11-12H2,1-4H3,(H,22,23)/b8-7+,9-6-,14-10+. The van der Waals surface area contributed by atoms with Crippen LogP contribution in [0, 0.1) is 0 Å². The first kappa shape index (κ1) is 18.1. The van der Waals surface area contributed by atoms with Gasteiger partial charge in [0.1, 0.15) is 11.6 Å². The van der Waals surface area contributed by atoms with E-state index < -0.39 is 5.97 Å². The van der Waals surface area contributed by atoms with E-state index in [-0.39, 0.29) is 11.6 Å². The maximum Gasteiger partial charge on any atom is 0.336 e. The first-order valence-electron chi connectivity index (χ1n) is 8.24. The van der Waals surface area contributed by atoms with Crippen molar-refractivity contribution in [1.82, 2.24) is 15.8 Å². The normalized spacial score (nSPS) is 23.8. The minimum Gasteiger partial charge on any atom is -0.497 e. The predicted molar refractivity (Wildman–Crippen MR) is 93.8 cm³/mol. The molecule has 6 heteroatoms. The number of nitrogens with zero attached hydrogens (tertiary/aromatic N) is 1. The van der Waals surface area contributed by atoms with Crippen molar-refractivity contribution in [3.05, 3.63) is 47.5 Å². The summed E-state index contributed by atoms with van der Waals surface area (Å²) in [6.45, 7) is 6.62. The number of rotatable bonds is 6. The van der Waals surface area contributed by atoms with Crippen LogP contribution in [0.15, 0.2) is 47.5 Å². The van der Waals surface area contributed by atoms with Crippen LogP contribution in [0.1, 0.15) is 33.6 Å². The van der Waals surface area contributed by atoms with Crippen molar-refractivity contribution in [1.29, 1.82) is 0 Å². The summed E-state index contributed by atoms with van der Waals surface area (Å²) in [5.74, 6) is 0.562. The van der Waals surface area contributed by atoms with E-state index in [1.54, 1.807) is 7.11 Å². The van der Waals surface area contributed by atoms with Crippen molar-refractivity contribution in [2.24, 2.45) is 0 Å². The summed E-state index contributed by atoms with van der Waals surface area (Å²) in [5, 5.41) is 14.6. The lowest BCUT2D eigenvalue weighted by molar-refractivity contribution is -0.132. The average molecular weight is 333 g/mol. The van der Waals surface area contributed by atoms with Crippen LogP contribution in [-0.2, 0) is 9.53 Å². The van der Waals surface area contributed by atoms with Gasteiger partial charge in [-0.2, -0.15) is 0 Å². The summed E-state index contributed by atoms with van der Waals surface area (Å²) in [6, 6.07) is 0.0602. The average Bonchev–Trinajstić information content (AvgIpc) is 2.95. The quantitative estimate of drug-likeness (QED) is 0.512. The number of carboxylic acid groups (broad SMARTS) is 1. The molecule has 1 fully saturated rings. The van der Waals surface area contributed by atoms with Gasteiger partial charge in [0.2, 0.25) is 0 Å². The summed E-state index contributed by atoms with van der Waals surface area (Å²) in [7, 11) is 1.65. The first-order valence-corrected chi connectivity index (χ1v) is 8.24. The second kappa shape index (κ2) is 7.57. The molecular formula is C18H27N3O3. The van der Waals surface area contributed by atoms with E-state index in [2.05, 4.69) is 31.5 Å². The van der Waals surface area contributed by atoms with Crippen molar-refractivity contribution >= 4 is 5.97 Å². The maximum absolute atomic E-state index is 11.4. The zero-order valence-electron chi connectivity index (χ0n) is 14.8. The Balaban J connectivity index is 2.16. The first-order chi connectivity index (χ1) is 11.4. The highest BCUT2D eigenvalue weighted by Crippen LogP contribution is 2.32. The molecule has 0 aliphatic carbocycles. The summed E-state index contributed by atoms with van der Waals surface area (Å²) < 4.78 is 5.30. The molecule has 2 rings (SSSR count). The van der Waals surface area contributed by atoms with Gasteiger partial charge in [0.25, 0.3) is 0 Å². The Bertz CT molecular complexity index is 603. The van der Waals surface area contributed by atoms with Gasteiger partial charge in [-0.25, -0.2) is 10.2 Å². The maximum atomic E-state index is 11.4. The molecule has 0 aromatic carbocycles. The second-order valence-corrected chi connectivity index (χ2v) is 6.54. The Kier molecular flexibility index (Phi) is 5.72. The molecule has 0 radical (unpaired) electrons. The van der Waals surface area contributed by atoms with Gasteiger partial charge in [-0.3, -0.25) is 5.01 Å². The van der Waals surface area contributed by atoms with Crippen LogP contribution >= 0.6 is 0 Å². The van der Waals surface area contributed by atoms with Crippen LogP contribution in [0.3, 0.4) is 0 Å². The van der Waals surface area contributed by atoms with Crippen molar-refractivity contribution in [3.8, 4) is 0 Å². The Morgan fingerprint density at radius 1 is 1.50 bits per heavy atom. The number of allylic oxidation sites excluding steroid dienone is 4. The monoisotopic (exact) mass is 333 g/mol. The van der Waals surface area contributed by atoms with Crippen molar-refractivity contribution in [2.45, 2.75) is 45.2 Å². The van der Waals surface area contributed by atoms with Gasteiger partial charge in [0.05, 0.1) is 24.8 Å². The van der Waals surface area contributed by atoms with E-state index in [4.69, 9.17) is 4.74 Å². The smallest absolute Gasteiger partial charge is 0.336 e. The molecule has 0 saturated carbocycles. The lowest BCUT2D eigenvalue weighted by Crippen LogP contribution is -2.58. The third kappa shape index (κ3) is 4.00. The highest BCUT2D eigenvalue weighted by Gasteiger charge is 2.41. The second-order valence-electron chi connectivity index (χ2n) is 6.54. The minimum atomic E-state index is -0.890. The number of carboxylic acids is 1. The van der Waals surface area contributed by atoms with Crippen LogP contribution in [0.25, 0.3) is 0 Å². The van der Waals surface area contributed by atoms with Gasteiger partial charge in [-0.15, -0.1) is 0 Å². The molecule has 1 atom stereocenters. The van der Waals surface area contributed by atoms with Gasteiger partial charge in [-0.1, -0.05) is 25.2 Å². The fourth-order valence-corrected chi connectivity index (χ4v) is 2.98. The lowest BCUT2D eigenvalue weighted by Gasteiger charge is -2.45.